The number of ether oxygens (including phenoxy) is 2. The van der Waals surface area contributed by atoms with Gasteiger partial charge < -0.3 is 30.1 Å². The number of carbonyl (C=O) groups is 3. The van der Waals surface area contributed by atoms with Crippen molar-refractivity contribution in [1.29, 1.82) is 0 Å². The van der Waals surface area contributed by atoms with E-state index in [4.69, 9.17) is 9.47 Å². The van der Waals surface area contributed by atoms with E-state index in [-0.39, 0.29) is 30.9 Å². The summed E-state index contributed by atoms with van der Waals surface area (Å²) in [6.45, 7) is 4.84. The Bertz CT molecular complexity index is 1200. The largest absolute Gasteiger partial charge is 0.494 e. The fourth-order valence-electron chi connectivity index (χ4n) is 6.80. The highest BCUT2D eigenvalue weighted by Gasteiger charge is 2.78. The molecule has 2 bridgehead atoms. The second-order valence-corrected chi connectivity index (χ2v) is 10.6. The number of aliphatic hydroxyl groups is 1. The van der Waals surface area contributed by atoms with Gasteiger partial charge in [0.15, 0.2) is 0 Å². The zero-order valence-electron chi connectivity index (χ0n) is 22.5. The molecule has 208 valence electrons. The molecule has 3 amide bonds. The van der Waals surface area contributed by atoms with Crippen molar-refractivity contribution < 1.29 is 29.0 Å². The summed E-state index contributed by atoms with van der Waals surface area (Å²) in [7, 11) is 0. The molecule has 9 nitrogen and oxygen atoms in total. The topological polar surface area (TPSA) is 117 Å². The third-order valence-corrected chi connectivity index (χ3v) is 8.51. The molecule has 2 aromatic carbocycles. The van der Waals surface area contributed by atoms with Crippen molar-refractivity contribution in [1.82, 2.24) is 10.2 Å². The molecule has 2 aromatic rings. The Morgan fingerprint density at radius 2 is 1.82 bits per heavy atom. The minimum atomic E-state index is -1.09. The first-order chi connectivity index (χ1) is 18.9. The first-order valence-electron chi connectivity index (χ1n) is 13.9. The number of amides is 3. The summed E-state index contributed by atoms with van der Waals surface area (Å²) in [6.07, 6.45) is 1.99. The number of carbonyl (C=O) groups excluding carboxylic acids is 3. The van der Waals surface area contributed by atoms with E-state index < -0.39 is 29.1 Å². The average Bonchev–Trinajstić information content (AvgIpc) is 3.56. The van der Waals surface area contributed by atoms with Crippen LogP contribution in [0.25, 0.3) is 0 Å². The number of fused-ring (bicyclic) bond motifs is 1. The number of rotatable bonds is 11. The maximum absolute atomic E-state index is 14.0. The number of nitrogens with zero attached hydrogens (tertiary/aromatic N) is 1. The SMILES string of the molecule is CCOc1ccc(NC(=O)[C@@H]2[C@H]3C(=O)N(CCCO)C(C(=O)NCc4ccccc4)C34CC[C@@]2(CC)O4)cc1. The third kappa shape index (κ3) is 4.67. The number of likely N-dealkylation sites (tertiary alicyclic amines) is 1. The van der Waals surface area contributed by atoms with Crippen LogP contribution >= 0.6 is 0 Å². The highest BCUT2D eigenvalue weighted by Crippen LogP contribution is 2.64. The first kappa shape index (κ1) is 27.1. The van der Waals surface area contributed by atoms with Gasteiger partial charge in [-0.15, -0.1) is 0 Å². The van der Waals surface area contributed by atoms with Gasteiger partial charge in [-0.25, -0.2) is 0 Å². The molecule has 2 unspecified atom stereocenters. The smallest absolute Gasteiger partial charge is 0.246 e. The Labute approximate surface area is 228 Å². The molecular formula is C30H37N3O6. The lowest BCUT2D eigenvalue weighted by molar-refractivity contribution is -0.146. The van der Waals surface area contributed by atoms with E-state index in [1.165, 1.54) is 4.90 Å². The van der Waals surface area contributed by atoms with Crippen molar-refractivity contribution >= 4 is 23.4 Å². The van der Waals surface area contributed by atoms with Gasteiger partial charge in [0.1, 0.15) is 17.4 Å². The molecule has 0 aromatic heterocycles. The van der Waals surface area contributed by atoms with Gasteiger partial charge in [0.2, 0.25) is 17.7 Å². The fourth-order valence-corrected chi connectivity index (χ4v) is 6.80. The summed E-state index contributed by atoms with van der Waals surface area (Å²) >= 11 is 0. The Hall–Kier alpha value is -3.43. The Kier molecular flexibility index (Phi) is 7.64. The van der Waals surface area contributed by atoms with Gasteiger partial charge in [0, 0.05) is 25.4 Å². The third-order valence-electron chi connectivity index (χ3n) is 8.51. The molecule has 39 heavy (non-hydrogen) atoms. The minimum absolute atomic E-state index is 0.110. The van der Waals surface area contributed by atoms with Gasteiger partial charge in [-0.05, 0) is 62.4 Å². The molecule has 5 rings (SSSR count). The summed E-state index contributed by atoms with van der Waals surface area (Å²) < 4.78 is 12.2. The Morgan fingerprint density at radius 3 is 2.49 bits per heavy atom. The highest BCUT2D eigenvalue weighted by atomic mass is 16.5. The lowest BCUT2D eigenvalue weighted by atomic mass is 9.65. The van der Waals surface area contributed by atoms with Gasteiger partial charge >= 0.3 is 0 Å². The molecular weight excluding hydrogens is 498 g/mol. The molecule has 0 radical (unpaired) electrons. The lowest BCUT2D eigenvalue weighted by Gasteiger charge is -2.34. The van der Waals surface area contributed by atoms with E-state index in [1.54, 1.807) is 24.3 Å². The summed E-state index contributed by atoms with van der Waals surface area (Å²) in [6, 6.07) is 15.8. The normalized spacial score (nSPS) is 28.8. The second kappa shape index (κ2) is 11.0. The van der Waals surface area contributed by atoms with Crippen LogP contribution in [0.15, 0.2) is 54.6 Å². The van der Waals surface area contributed by atoms with Crippen LogP contribution in [0.3, 0.4) is 0 Å². The molecule has 3 aliphatic rings. The fraction of sp³-hybridized carbons (Fsp3) is 0.500. The Balaban J connectivity index is 1.43. The van der Waals surface area contributed by atoms with E-state index in [0.717, 1.165) is 5.56 Å². The highest BCUT2D eigenvalue weighted by molar-refractivity contribution is 6.02. The van der Waals surface area contributed by atoms with Gasteiger partial charge in [-0.3, -0.25) is 14.4 Å². The van der Waals surface area contributed by atoms with Crippen LogP contribution in [0, 0.1) is 11.8 Å². The predicted molar refractivity (Wildman–Crippen MR) is 145 cm³/mol. The van der Waals surface area contributed by atoms with Crippen LogP contribution < -0.4 is 15.4 Å². The molecule has 9 heteroatoms. The van der Waals surface area contributed by atoms with E-state index >= 15 is 0 Å². The predicted octanol–water partition coefficient (Wildman–Crippen LogP) is 2.88. The number of anilines is 1. The molecule has 0 saturated carbocycles. The van der Waals surface area contributed by atoms with E-state index in [1.807, 2.05) is 44.2 Å². The van der Waals surface area contributed by atoms with E-state index in [0.29, 0.717) is 50.3 Å². The number of hydrogen-bond donors (Lipinski definition) is 3. The van der Waals surface area contributed by atoms with Crippen LogP contribution in [0.4, 0.5) is 5.69 Å². The summed E-state index contributed by atoms with van der Waals surface area (Å²) in [5.41, 5.74) is -0.368. The summed E-state index contributed by atoms with van der Waals surface area (Å²) in [5, 5.41) is 15.5. The molecule has 3 aliphatic heterocycles. The Morgan fingerprint density at radius 1 is 1.08 bits per heavy atom. The second-order valence-electron chi connectivity index (χ2n) is 10.6. The van der Waals surface area contributed by atoms with Crippen LogP contribution in [0.2, 0.25) is 0 Å². The standard InChI is InChI=1S/C30H37N3O6/c1-3-29-15-16-30(39-29)24(23(29)26(35)32-21-11-13-22(14-12-21)38-4-2)28(37)33(17-8-18-34)25(30)27(36)31-19-20-9-6-5-7-10-20/h5-7,9-14,23-25,34H,3-4,8,15-19H2,1-2H3,(H,31,36)(H,32,35)/t23-,24-,25?,29+,30?/m0/s1. The van der Waals surface area contributed by atoms with Crippen molar-refractivity contribution in [3.05, 3.63) is 60.2 Å². The van der Waals surface area contributed by atoms with Gasteiger partial charge in [0.25, 0.3) is 0 Å². The van der Waals surface area contributed by atoms with Gasteiger partial charge in [0.05, 0.1) is 24.0 Å². The molecule has 3 saturated heterocycles. The van der Waals surface area contributed by atoms with E-state index in [2.05, 4.69) is 10.6 Å². The van der Waals surface area contributed by atoms with Gasteiger partial charge in [-0.1, -0.05) is 37.3 Å². The average molecular weight is 536 g/mol. The summed E-state index contributed by atoms with van der Waals surface area (Å²) in [5.74, 6) is -1.65. The minimum Gasteiger partial charge on any atom is -0.494 e. The van der Waals surface area contributed by atoms with Crippen molar-refractivity contribution in [3.8, 4) is 5.75 Å². The number of nitrogens with one attached hydrogen (secondary N) is 2. The molecule has 0 aliphatic carbocycles. The van der Waals surface area contributed by atoms with Crippen molar-refractivity contribution in [3.63, 3.8) is 0 Å². The molecule has 3 N–H and O–H groups in total. The van der Waals surface area contributed by atoms with E-state index in [9.17, 15) is 19.5 Å². The van der Waals surface area contributed by atoms with Crippen LogP contribution in [0.5, 0.6) is 5.75 Å². The monoisotopic (exact) mass is 535 g/mol. The van der Waals surface area contributed by atoms with Crippen LogP contribution in [-0.2, 0) is 25.7 Å². The van der Waals surface area contributed by atoms with Crippen LogP contribution in [-0.4, -0.2) is 64.7 Å². The first-order valence-corrected chi connectivity index (χ1v) is 13.9. The zero-order chi connectivity index (χ0) is 27.6. The quantitative estimate of drug-likeness (QED) is 0.407. The van der Waals surface area contributed by atoms with Crippen molar-refractivity contribution in [2.45, 2.75) is 63.3 Å². The van der Waals surface area contributed by atoms with Crippen LogP contribution in [0.1, 0.15) is 45.1 Å². The maximum Gasteiger partial charge on any atom is 0.246 e. The molecule has 5 atom stereocenters. The zero-order valence-corrected chi connectivity index (χ0v) is 22.5. The molecule has 3 fully saturated rings. The maximum atomic E-state index is 14.0. The molecule has 1 spiro atoms. The number of hydrogen-bond acceptors (Lipinski definition) is 6. The lowest BCUT2D eigenvalue weighted by Crippen LogP contribution is -2.55. The van der Waals surface area contributed by atoms with Crippen molar-refractivity contribution in [2.24, 2.45) is 11.8 Å². The summed E-state index contributed by atoms with van der Waals surface area (Å²) in [4.78, 5) is 43.1. The van der Waals surface area contributed by atoms with Gasteiger partial charge in [-0.2, -0.15) is 0 Å². The molecule has 3 heterocycles. The number of aliphatic hydroxyl groups excluding tert-OH is 1. The number of benzene rings is 2. The van der Waals surface area contributed by atoms with Crippen molar-refractivity contribution in [2.75, 3.05) is 25.1 Å².